The lowest BCUT2D eigenvalue weighted by atomic mass is 10.1. The van der Waals surface area contributed by atoms with Crippen LogP contribution in [0.3, 0.4) is 0 Å². The van der Waals surface area contributed by atoms with Gasteiger partial charge in [0.05, 0.1) is 4.92 Å². The molecule has 1 amide bonds. The molecular formula is C12H14ClN3O5. The van der Waals surface area contributed by atoms with E-state index in [0.29, 0.717) is 6.42 Å². The minimum Gasteiger partial charge on any atom is -0.480 e. The topological polar surface area (TPSA) is 122 Å². The maximum Gasteiger partial charge on any atom is 0.326 e. The molecule has 0 aliphatic carbocycles. The zero-order valence-corrected chi connectivity index (χ0v) is 12.0. The Kier molecular flexibility index (Phi) is 6.04. The first-order valence-electron chi connectivity index (χ1n) is 6.20. The average Bonchev–Trinajstić information content (AvgIpc) is 2.42. The first-order valence-corrected chi connectivity index (χ1v) is 6.58. The van der Waals surface area contributed by atoms with Crippen LogP contribution in [0, 0.1) is 10.1 Å². The van der Waals surface area contributed by atoms with Crippen molar-refractivity contribution in [2.75, 3.05) is 0 Å². The van der Waals surface area contributed by atoms with Crippen LogP contribution in [0.1, 0.15) is 36.5 Å². The van der Waals surface area contributed by atoms with E-state index in [1.807, 2.05) is 6.92 Å². The molecule has 0 saturated carbocycles. The zero-order valence-electron chi connectivity index (χ0n) is 11.2. The molecule has 0 fully saturated rings. The second-order valence-corrected chi connectivity index (χ2v) is 4.68. The second-order valence-electron chi connectivity index (χ2n) is 4.29. The normalized spacial score (nSPS) is 11.7. The maximum atomic E-state index is 12.0. The van der Waals surface area contributed by atoms with E-state index in [2.05, 4.69) is 10.3 Å². The number of rotatable bonds is 7. The van der Waals surface area contributed by atoms with Crippen LogP contribution < -0.4 is 5.32 Å². The standard InChI is InChI=1S/C12H14ClN3O5/c1-2-3-4-8(12(18)19)15-11(17)7-5-10(13)14-6-9(7)16(20)21/h5-6,8H,2-4H2,1H3,(H,15,17)(H,18,19). The molecule has 1 aromatic rings. The molecule has 0 spiro atoms. The summed E-state index contributed by atoms with van der Waals surface area (Å²) in [5.41, 5.74) is -0.848. The van der Waals surface area contributed by atoms with Gasteiger partial charge in [0.25, 0.3) is 11.6 Å². The lowest BCUT2D eigenvalue weighted by Gasteiger charge is -2.14. The number of aromatic nitrogens is 1. The highest BCUT2D eigenvalue weighted by atomic mass is 35.5. The molecule has 0 aliphatic heterocycles. The highest BCUT2D eigenvalue weighted by Crippen LogP contribution is 2.20. The summed E-state index contributed by atoms with van der Waals surface area (Å²) in [7, 11) is 0. The third-order valence-corrected chi connectivity index (χ3v) is 2.95. The van der Waals surface area contributed by atoms with E-state index in [-0.39, 0.29) is 17.1 Å². The molecule has 1 aromatic heterocycles. The highest BCUT2D eigenvalue weighted by molar-refractivity contribution is 6.29. The summed E-state index contributed by atoms with van der Waals surface area (Å²) in [5, 5.41) is 22.1. The zero-order chi connectivity index (χ0) is 16.0. The molecular weight excluding hydrogens is 302 g/mol. The molecule has 0 aromatic carbocycles. The molecule has 9 heteroatoms. The van der Waals surface area contributed by atoms with E-state index in [9.17, 15) is 19.7 Å². The minimum absolute atomic E-state index is 0.0915. The highest BCUT2D eigenvalue weighted by Gasteiger charge is 2.26. The van der Waals surface area contributed by atoms with Gasteiger partial charge in [0.2, 0.25) is 0 Å². The molecule has 21 heavy (non-hydrogen) atoms. The van der Waals surface area contributed by atoms with Crippen LogP contribution >= 0.6 is 11.6 Å². The predicted octanol–water partition coefficient (Wildman–Crippen LogP) is 2.02. The van der Waals surface area contributed by atoms with Gasteiger partial charge in [-0.2, -0.15) is 0 Å². The molecule has 1 rings (SSSR count). The van der Waals surface area contributed by atoms with Crippen LogP contribution in [0.15, 0.2) is 12.3 Å². The van der Waals surface area contributed by atoms with Gasteiger partial charge >= 0.3 is 5.97 Å². The monoisotopic (exact) mass is 315 g/mol. The van der Waals surface area contributed by atoms with Crippen LogP contribution in [0.4, 0.5) is 5.69 Å². The number of nitro groups is 1. The molecule has 1 atom stereocenters. The maximum absolute atomic E-state index is 12.0. The van der Waals surface area contributed by atoms with Crippen molar-refractivity contribution in [1.82, 2.24) is 10.3 Å². The fourth-order valence-electron chi connectivity index (χ4n) is 1.65. The van der Waals surface area contributed by atoms with Gasteiger partial charge in [0, 0.05) is 0 Å². The quantitative estimate of drug-likeness (QED) is 0.451. The molecule has 0 radical (unpaired) electrons. The van der Waals surface area contributed by atoms with Gasteiger partial charge in [-0.3, -0.25) is 14.9 Å². The third-order valence-electron chi connectivity index (χ3n) is 2.74. The summed E-state index contributed by atoms with van der Waals surface area (Å²) in [6.45, 7) is 1.88. The first kappa shape index (κ1) is 16.8. The average molecular weight is 316 g/mol. The van der Waals surface area contributed by atoms with Crippen molar-refractivity contribution < 1.29 is 19.6 Å². The second kappa shape index (κ2) is 7.53. The largest absolute Gasteiger partial charge is 0.480 e. The Bertz CT molecular complexity index is 564. The number of carboxylic acid groups (broad SMARTS) is 1. The van der Waals surface area contributed by atoms with Crippen LogP contribution in [-0.4, -0.2) is 32.9 Å². The van der Waals surface area contributed by atoms with Gasteiger partial charge in [-0.15, -0.1) is 0 Å². The number of nitrogens with one attached hydrogen (secondary N) is 1. The number of carbonyl (C=O) groups is 2. The number of aliphatic carboxylic acids is 1. The van der Waals surface area contributed by atoms with Crippen LogP contribution in [0.25, 0.3) is 0 Å². The Labute approximate surface area is 125 Å². The van der Waals surface area contributed by atoms with Gasteiger partial charge in [0.1, 0.15) is 23.0 Å². The van der Waals surface area contributed by atoms with Crippen LogP contribution in [0.5, 0.6) is 0 Å². The van der Waals surface area contributed by atoms with Crippen molar-refractivity contribution in [3.8, 4) is 0 Å². The molecule has 1 heterocycles. The summed E-state index contributed by atoms with van der Waals surface area (Å²) >= 11 is 5.62. The number of halogens is 1. The summed E-state index contributed by atoms with van der Waals surface area (Å²) in [5.74, 6) is -2.06. The molecule has 0 bridgehead atoms. The third kappa shape index (κ3) is 4.67. The van der Waals surface area contributed by atoms with Gasteiger partial charge in [0.15, 0.2) is 0 Å². The fraction of sp³-hybridized carbons (Fsp3) is 0.417. The SMILES string of the molecule is CCCCC(NC(=O)c1cc(Cl)ncc1[N+](=O)[O-])C(=O)O. The van der Waals surface area contributed by atoms with Crippen molar-refractivity contribution in [1.29, 1.82) is 0 Å². The van der Waals surface area contributed by atoms with Crippen LogP contribution in [0.2, 0.25) is 5.15 Å². The number of amides is 1. The van der Waals surface area contributed by atoms with Gasteiger partial charge < -0.3 is 10.4 Å². The smallest absolute Gasteiger partial charge is 0.326 e. The molecule has 114 valence electrons. The lowest BCUT2D eigenvalue weighted by molar-refractivity contribution is -0.385. The van der Waals surface area contributed by atoms with Crippen molar-refractivity contribution in [3.05, 3.63) is 33.1 Å². The van der Waals surface area contributed by atoms with Gasteiger partial charge in [-0.25, -0.2) is 9.78 Å². The van der Waals surface area contributed by atoms with Crippen molar-refractivity contribution >= 4 is 29.2 Å². The van der Waals surface area contributed by atoms with Crippen molar-refractivity contribution in [2.45, 2.75) is 32.2 Å². The lowest BCUT2D eigenvalue weighted by Crippen LogP contribution is -2.41. The Morgan fingerprint density at radius 1 is 1.57 bits per heavy atom. The molecule has 0 saturated heterocycles. The number of hydrogen-bond donors (Lipinski definition) is 2. The van der Waals surface area contributed by atoms with E-state index in [1.54, 1.807) is 0 Å². The number of unbranched alkanes of at least 4 members (excludes halogenated alkanes) is 1. The molecule has 0 aliphatic rings. The number of pyridine rings is 1. The number of hydrogen-bond acceptors (Lipinski definition) is 5. The number of nitrogens with zero attached hydrogens (tertiary/aromatic N) is 2. The summed E-state index contributed by atoms with van der Waals surface area (Å²) in [6, 6.07) is -0.0719. The number of carboxylic acids is 1. The predicted molar refractivity (Wildman–Crippen MR) is 74.3 cm³/mol. The van der Waals surface area contributed by atoms with Gasteiger partial charge in [-0.1, -0.05) is 31.4 Å². The number of carbonyl (C=O) groups excluding carboxylic acids is 1. The van der Waals surface area contributed by atoms with Crippen molar-refractivity contribution in [2.24, 2.45) is 0 Å². The summed E-state index contributed by atoms with van der Waals surface area (Å²) in [4.78, 5) is 36.7. The summed E-state index contributed by atoms with van der Waals surface area (Å²) in [6.07, 6.45) is 2.47. The Morgan fingerprint density at radius 3 is 2.76 bits per heavy atom. The van der Waals surface area contributed by atoms with Gasteiger partial charge in [-0.05, 0) is 12.5 Å². The first-order chi connectivity index (χ1) is 9.86. The van der Waals surface area contributed by atoms with E-state index in [1.165, 1.54) is 0 Å². The van der Waals surface area contributed by atoms with E-state index >= 15 is 0 Å². The molecule has 1 unspecified atom stereocenters. The minimum atomic E-state index is -1.19. The van der Waals surface area contributed by atoms with E-state index in [0.717, 1.165) is 18.7 Å². The van der Waals surface area contributed by atoms with Crippen molar-refractivity contribution in [3.63, 3.8) is 0 Å². The summed E-state index contributed by atoms with van der Waals surface area (Å²) < 4.78 is 0. The van der Waals surface area contributed by atoms with E-state index < -0.39 is 28.5 Å². The van der Waals surface area contributed by atoms with Crippen LogP contribution in [-0.2, 0) is 4.79 Å². The Hall–Kier alpha value is -2.22. The Balaban J connectivity index is 2.99. The molecule has 8 nitrogen and oxygen atoms in total. The van der Waals surface area contributed by atoms with E-state index in [4.69, 9.17) is 16.7 Å². The Morgan fingerprint density at radius 2 is 2.24 bits per heavy atom. The molecule has 2 N–H and O–H groups in total. The fourth-order valence-corrected chi connectivity index (χ4v) is 1.81.